The van der Waals surface area contributed by atoms with Crippen LogP contribution in [0.3, 0.4) is 0 Å². The van der Waals surface area contributed by atoms with E-state index in [0.717, 1.165) is 25.0 Å². The monoisotopic (exact) mass is 438 g/mol. The van der Waals surface area contributed by atoms with Crippen molar-refractivity contribution in [1.82, 2.24) is 4.57 Å². The van der Waals surface area contributed by atoms with Crippen LogP contribution in [-0.4, -0.2) is 43.7 Å². The van der Waals surface area contributed by atoms with Crippen molar-refractivity contribution in [3.63, 3.8) is 0 Å². The maximum Gasteiger partial charge on any atom is 0.422 e. The quantitative estimate of drug-likeness (QED) is 0.734. The van der Waals surface area contributed by atoms with Gasteiger partial charge in [-0.3, -0.25) is 4.79 Å². The van der Waals surface area contributed by atoms with Gasteiger partial charge < -0.3 is 24.1 Å². The summed E-state index contributed by atoms with van der Waals surface area (Å²) in [6.45, 7) is 1.85. The molecule has 168 valence electrons. The number of fused-ring (bicyclic) bond motifs is 3. The number of rotatable bonds is 6. The number of benzene rings is 1. The predicted octanol–water partition coefficient (Wildman–Crippen LogP) is 4.17. The smallest absolute Gasteiger partial charge is 0.422 e. The van der Waals surface area contributed by atoms with E-state index in [1.807, 2.05) is 13.0 Å². The molecule has 1 fully saturated rings. The Balaban J connectivity index is 1.71. The fourth-order valence-corrected chi connectivity index (χ4v) is 4.23. The summed E-state index contributed by atoms with van der Waals surface area (Å²) >= 11 is 0. The lowest BCUT2D eigenvalue weighted by Gasteiger charge is -2.29. The molecule has 0 bridgehead atoms. The van der Waals surface area contributed by atoms with Gasteiger partial charge in [-0.15, -0.1) is 0 Å². The Kier molecular flexibility index (Phi) is 5.88. The first-order valence-electron chi connectivity index (χ1n) is 10.3. The summed E-state index contributed by atoms with van der Waals surface area (Å²) in [4.78, 5) is 12.9. The van der Waals surface area contributed by atoms with Gasteiger partial charge in [-0.1, -0.05) is 0 Å². The van der Waals surface area contributed by atoms with Crippen molar-refractivity contribution in [1.29, 1.82) is 0 Å². The lowest BCUT2D eigenvalue weighted by molar-refractivity contribution is -0.153. The van der Waals surface area contributed by atoms with E-state index in [9.17, 15) is 18.0 Å². The zero-order valence-corrected chi connectivity index (χ0v) is 17.4. The lowest BCUT2D eigenvalue weighted by atomic mass is 9.92. The Morgan fingerprint density at radius 3 is 2.71 bits per heavy atom. The molecule has 6 nitrogen and oxygen atoms in total. The summed E-state index contributed by atoms with van der Waals surface area (Å²) in [7, 11) is 1.39. The van der Waals surface area contributed by atoms with Crippen LogP contribution in [0.1, 0.15) is 31.4 Å². The van der Waals surface area contributed by atoms with Crippen LogP contribution in [0.25, 0.3) is 11.3 Å². The average Bonchev–Trinajstić information content (AvgIpc) is 3.23. The largest absolute Gasteiger partial charge is 0.493 e. The Hall–Kier alpha value is -2.68. The van der Waals surface area contributed by atoms with Crippen molar-refractivity contribution in [3.8, 4) is 22.8 Å². The van der Waals surface area contributed by atoms with Crippen LogP contribution in [0.5, 0.6) is 11.5 Å². The standard InChI is InChI=1S/C22H25F3N2O4/c1-13-6-14-7-19(29-2)20(31-12-22(23,24)25)10-17(14)18-8-15(9-21(28)27(13)18)26-11-16-4-3-5-30-16/h7-10,13,16,26H,3-6,11-12H2,1-2H3. The number of nitrogens with one attached hydrogen (secondary N) is 1. The summed E-state index contributed by atoms with van der Waals surface area (Å²) in [5, 5.41) is 3.26. The Bertz CT molecular complexity index is 1010. The molecule has 2 atom stereocenters. The molecule has 9 heteroatoms. The molecule has 0 spiro atoms. The van der Waals surface area contributed by atoms with Crippen molar-refractivity contribution in [2.45, 2.75) is 44.5 Å². The minimum absolute atomic E-state index is 0.00940. The van der Waals surface area contributed by atoms with E-state index in [1.54, 1.807) is 16.7 Å². The van der Waals surface area contributed by atoms with Crippen LogP contribution in [0, 0.1) is 0 Å². The number of ether oxygens (including phenoxy) is 3. The van der Waals surface area contributed by atoms with E-state index in [2.05, 4.69) is 5.32 Å². The van der Waals surface area contributed by atoms with E-state index < -0.39 is 12.8 Å². The highest BCUT2D eigenvalue weighted by Gasteiger charge is 2.30. The van der Waals surface area contributed by atoms with Gasteiger partial charge in [-0.2, -0.15) is 13.2 Å². The Morgan fingerprint density at radius 2 is 2.03 bits per heavy atom. The third kappa shape index (κ3) is 4.66. The summed E-state index contributed by atoms with van der Waals surface area (Å²) in [6.07, 6.45) is -1.82. The highest BCUT2D eigenvalue weighted by molar-refractivity contribution is 5.73. The van der Waals surface area contributed by atoms with Gasteiger partial charge in [0.25, 0.3) is 5.56 Å². The number of nitrogens with zero attached hydrogens (tertiary/aromatic N) is 1. The van der Waals surface area contributed by atoms with Gasteiger partial charge in [0.2, 0.25) is 0 Å². The molecule has 2 aliphatic rings. The van der Waals surface area contributed by atoms with E-state index in [0.29, 0.717) is 29.9 Å². The first-order valence-corrected chi connectivity index (χ1v) is 10.3. The second-order valence-corrected chi connectivity index (χ2v) is 7.97. The molecule has 1 aromatic heterocycles. The van der Waals surface area contributed by atoms with E-state index in [1.165, 1.54) is 13.2 Å². The molecule has 2 aliphatic heterocycles. The van der Waals surface area contributed by atoms with Crippen LogP contribution in [-0.2, 0) is 11.2 Å². The third-order valence-corrected chi connectivity index (χ3v) is 5.64. The van der Waals surface area contributed by atoms with Crippen LogP contribution in [0.4, 0.5) is 18.9 Å². The van der Waals surface area contributed by atoms with Crippen LogP contribution in [0.2, 0.25) is 0 Å². The highest BCUT2D eigenvalue weighted by atomic mass is 19.4. The van der Waals surface area contributed by atoms with Gasteiger partial charge in [-0.05, 0) is 49.9 Å². The molecule has 0 aliphatic carbocycles. The van der Waals surface area contributed by atoms with E-state index in [4.69, 9.17) is 14.2 Å². The maximum atomic E-state index is 12.9. The van der Waals surface area contributed by atoms with Gasteiger partial charge in [0.05, 0.1) is 18.9 Å². The summed E-state index contributed by atoms with van der Waals surface area (Å²) < 4.78 is 55.6. The van der Waals surface area contributed by atoms with Gasteiger partial charge >= 0.3 is 6.18 Å². The van der Waals surface area contributed by atoms with Crippen molar-refractivity contribution in [2.75, 3.05) is 32.2 Å². The number of halogens is 3. The topological polar surface area (TPSA) is 61.7 Å². The molecule has 2 aromatic rings. The normalized spacial score (nSPS) is 20.2. The lowest BCUT2D eigenvalue weighted by Crippen LogP contribution is -2.30. The first kappa shape index (κ1) is 21.5. The molecular formula is C22H25F3N2O4. The van der Waals surface area contributed by atoms with Gasteiger partial charge in [0.15, 0.2) is 18.1 Å². The molecule has 1 N–H and O–H groups in total. The highest BCUT2D eigenvalue weighted by Crippen LogP contribution is 2.41. The SMILES string of the molecule is COc1cc2c(cc1OCC(F)(F)F)-c1cc(NCC3CCCO3)cc(=O)n1C(C)C2. The van der Waals surface area contributed by atoms with Crippen LogP contribution in [0.15, 0.2) is 29.1 Å². The number of methoxy groups -OCH3 is 1. The molecular weight excluding hydrogens is 413 g/mol. The fraction of sp³-hybridized carbons (Fsp3) is 0.500. The zero-order valence-electron chi connectivity index (χ0n) is 17.4. The Morgan fingerprint density at radius 1 is 1.23 bits per heavy atom. The predicted molar refractivity (Wildman–Crippen MR) is 110 cm³/mol. The molecule has 0 amide bonds. The zero-order chi connectivity index (χ0) is 22.2. The number of hydrogen-bond acceptors (Lipinski definition) is 5. The van der Waals surface area contributed by atoms with Gasteiger partial charge in [-0.25, -0.2) is 0 Å². The molecule has 3 heterocycles. The number of anilines is 1. The molecule has 4 rings (SSSR count). The minimum atomic E-state index is -4.47. The number of pyridine rings is 1. The van der Waals surface area contributed by atoms with Crippen molar-refractivity contribution < 1.29 is 27.4 Å². The summed E-state index contributed by atoms with van der Waals surface area (Å²) in [5.41, 5.74) is 2.67. The molecule has 0 saturated carbocycles. The second kappa shape index (κ2) is 8.45. The van der Waals surface area contributed by atoms with Gasteiger partial charge in [0.1, 0.15) is 0 Å². The molecule has 0 radical (unpaired) electrons. The number of aromatic nitrogens is 1. The number of hydrogen-bond donors (Lipinski definition) is 1. The van der Waals surface area contributed by atoms with E-state index in [-0.39, 0.29) is 29.2 Å². The third-order valence-electron chi connectivity index (χ3n) is 5.64. The number of alkyl halides is 3. The summed E-state index contributed by atoms with van der Waals surface area (Å²) in [5.74, 6) is 0.225. The summed E-state index contributed by atoms with van der Waals surface area (Å²) in [6, 6.07) is 6.52. The fourth-order valence-electron chi connectivity index (χ4n) is 4.23. The van der Waals surface area contributed by atoms with E-state index >= 15 is 0 Å². The second-order valence-electron chi connectivity index (χ2n) is 7.97. The Labute approximate surface area is 177 Å². The van der Waals surface area contributed by atoms with Crippen molar-refractivity contribution >= 4 is 5.69 Å². The van der Waals surface area contributed by atoms with Crippen molar-refractivity contribution in [2.24, 2.45) is 0 Å². The molecule has 1 saturated heterocycles. The first-order chi connectivity index (χ1) is 14.7. The van der Waals surface area contributed by atoms with Crippen LogP contribution < -0.4 is 20.3 Å². The molecule has 31 heavy (non-hydrogen) atoms. The molecule has 2 unspecified atom stereocenters. The molecule has 1 aromatic carbocycles. The maximum absolute atomic E-state index is 12.9. The van der Waals surface area contributed by atoms with Gasteiger partial charge in [0, 0.05) is 36.5 Å². The minimum Gasteiger partial charge on any atom is -0.493 e. The average molecular weight is 438 g/mol. The van der Waals surface area contributed by atoms with Crippen molar-refractivity contribution in [3.05, 3.63) is 40.2 Å². The van der Waals surface area contributed by atoms with Crippen LogP contribution >= 0.6 is 0 Å².